The highest BCUT2D eigenvalue weighted by molar-refractivity contribution is 5.14. The van der Waals surface area contributed by atoms with Crippen molar-refractivity contribution in [3.63, 3.8) is 0 Å². The van der Waals surface area contributed by atoms with Crippen molar-refractivity contribution in [1.29, 1.82) is 5.26 Å². The largest absolute Gasteiger partial charge is 0.378 e. The van der Waals surface area contributed by atoms with E-state index in [1.54, 1.807) is 0 Å². The van der Waals surface area contributed by atoms with Crippen LogP contribution < -0.4 is 0 Å². The summed E-state index contributed by atoms with van der Waals surface area (Å²) < 4.78 is 6.16. The van der Waals surface area contributed by atoms with Gasteiger partial charge in [0.25, 0.3) is 0 Å². The van der Waals surface area contributed by atoms with Gasteiger partial charge in [-0.05, 0) is 69.3 Å². The Labute approximate surface area is 183 Å². The topological polar surface area (TPSA) is 58.8 Å². The van der Waals surface area contributed by atoms with Crippen LogP contribution in [0.1, 0.15) is 126 Å². The van der Waals surface area contributed by atoms with Crippen LogP contribution in [0.4, 0.5) is 0 Å². The lowest BCUT2D eigenvalue weighted by Crippen LogP contribution is -2.21. The summed E-state index contributed by atoms with van der Waals surface area (Å²) in [5.74, 6) is 2.26. The van der Waals surface area contributed by atoms with E-state index in [2.05, 4.69) is 25.4 Å². The van der Waals surface area contributed by atoms with Gasteiger partial charge < -0.3 is 4.74 Å². The summed E-state index contributed by atoms with van der Waals surface area (Å²) in [5, 5.41) is 9.06. The predicted molar refractivity (Wildman–Crippen MR) is 121 cm³/mol. The van der Waals surface area contributed by atoms with Crippen molar-refractivity contribution in [2.45, 2.75) is 121 Å². The van der Waals surface area contributed by atoms with Crippen LogP contribution in [0.5, 0.6) is 0 Å². The van der Waals surface area contributed by atoms with Gasteiger partial charge in [0.2, 0.25) is 0 Å². The van der Waals surface area contributed by atoms with E-state index in [1.165, 1.54) is 76.2 Å². The van der Waals surface area contributed by atoms with Crippen LogP contribution in [0.2, 0.25) is 0 Å². The standard InChI is InChI=1S/C26H41N3O/c1-2-3-4-5-6-7-8-17-30-25-15-13-22(14-16-25)24-19-28-26(29-20-24)23-11-9-21(18-27)10-12-23/h19-23,25H,2-17H2,1H3. The third kappa shape index (κ3) is 7.34. The number of unbranched alkanes of at least 4 members (excludes halogenated alkanes) is 6. The molecule has 4 nitrogen and oxygen atoms in total. The molecule has 0 atom stereocenters. The first-order valence-electron chi connectivity index (χ1n) is 12.6. The van der Waals surface area contributed by atoms with Crippen LogP contribution in [0.15, 0.2) is 12.4 Å². The van der Waals surface area contributed by atoms with Crippen LogP contribution in [0, 0.1) is 17.2 Å². The number of rotatable bonds is 11. The lowest BCUT2D eigenvalue weighted by atomic mass is 9.82. The summed E-state index contributed by atoms with van der Waals surface area (Å²) in [6.07, 6.45) is 22.8. The molecule has 4 heteroatoms. The highest BCUT2D eigenvalue weighted by Gasteiger charge is 2.26. The average molecular weight is 412 g/mol. The van der Waals surface area contributed by atoms with E-state index >= 15 is 0 Å². The Balaban J connectivity index is 1.31. The van der Waals surface area contributed by atoms with Gasteiger partial charge in [-0.1, -0.05) is 45.4 Å². The minimum Gasteiger partial charge on any atom is -0.378 e. The van der Waals surface area contributed by atoms with Crippen LogP contribution >= 0.6 is 0 Å². The summed E-state index contributed by atoms with van der Waals surface area (Å²) in [4.78, 5) is 9.44. The van der Waals surface area contributed by atoms with Crippen molar-refractivity contribution in [3.8, 4) is 6.07 Å². The fraction of sp³-hybridized carbons (Fsp3) is 0.808. The molecule has 0 radical (unpaired) electrons. The monoisotopic (exact) mass is 411 g/mol. The van der Waals surface area contributed by atoms with Crippen molar-refractivity contribution >= 4 is 0 Å². The Morgan fingerprint density at radius 1 is 0.833 bits per heavy atom. The predicted octanol–water partition coefficient (Wildman–Crippen LogP) is 7.07. The van der Waals surface area contributed by atoms with Crippen molar-refractivity contribution in [1.82, 2.24) is 9.97 Å². The summed E-state index contributed by atoms with van der Waals surface area (Å²) in [6.45, 7) is 3.21. The summed E-state index contributed by atoms with van der Waals surface area (Å²) >= 11 is 0. The highest BCUT2D eigenvalue weighted by Crippen LogP contribution is 2.36. The number of hydrogen-bond acceptors (Lipinski definition) is 4. The van der Waals surface area contributed by atoms with Crippen LogP contribution in [-0.2, 0) is 4.74 Å². The van der Waals surface area contributed by atoms with E-state index in [0.29, 0.717) is 17.9 Å². The number of nitriles is 1. The van der Waals surface area contributed by atoms with Gasteiger partial charge >= 0.3 is 0 Å². The van der Waals surface area contributed by atoms with Crippen LogP contribution in [0.3, 0.4) is 0 Å². The zero-order chi connectivity index (χ0) is 21.0. The zero-order valence-electron chi connectivity index (χ0n) is 19.0. The Kier molecular flexibility index (Phi) is 10.1. The first-order valence-corrected chi connectivity index (χ1v) is 12.6. The molecule has 0 aromatic carbocycles. The maximum atomic E-state index is 9.06. The lowest BCUT2D eigenvalue weighted by Gasteiger charge is -2.29. The van der Waals surface area contributed by atoms with Crippen molar-refractivity contribution in [2.75, 3.05) is 6.61 Å². The maximum absolute atomic E-state index is 9.06. The van der Waals surface area contributed by atoms with Gasteiger partial charge in [-0.15, -0.1) is 0 Å². The molecule has 166 valence electrons. The van der Waals surface area contributed by atoms with E-state index in [1.807, 2.05) is 0 Å². The molecule has 0 aliphatic heterocycles. The first-order chi connectivity index (χ1) is 14.8. The van der Waals surface area contributed by atoms with Gasteiger partial charge in [0.05, 0.1) is 12.2 Å². The Morgan fingerprint density at radius 2 is 1.43 bits per heavy atom. The van der Waals surface area contributed by atoms with Crippen LogP contribution in [0.25, 0.3) is 0 Å². The molecule has 2 fully saturated rings. The number of nitrogens with zero attached hydrogens (tertiary/aromatic N) is 3. The fourth-order valence-corrected chi connectivity index (χ4v) is 5.12. The van der Waals surface area contributed by atoms with Gasteiger partial charge in [-0.3, -0.25) is 0 Å². The molecule has 3 rings (SSSR count). The molecule has 2 saturated carbocycles. The minimum atomic E-state index is 0.240. The second-order valence-corrected chi connectivity index (χ2v) is 9.52. The molecule has 1 aromatic heterocycles. The van der Waals surface area contributed by atoms with Crippen LogP contribution in [-0.4, -0.2) is 22.7 Å². The summed E-state index contributed by atoms with van der Waals surface area (Å²) in [6, 6.07) is 2.41. The zero-order valence-corrected chi connectivity index (χ0v) is 19.0. The molecular formula is C26H41N3O. The molecule has 2 aliphatic carbocycles. The van der Waals surface area contributed by atoms with Crippen molar-refractivity contribution in [3.05, 3.63) is 23.8 Å². The lowest BCUT2D eigenvalue weighted by molar-refractivity contribution is 0.0225. The van der Waals surface area contributed by atoms with Gasteiger partial charge in [-0.2, -0.15) is 5.26 Å². The third-order valence-corrected chi connectivity index (χ3v) is 7.21. The number of ether oxygens (including phenoxy) is 1. The molecule has 0 N–H and O–H groups in total. The Morgan fingerprint density at radius 3 is 2.07 bits per heavy atom. The van der Waals surface area contributed by atoms with E-state index in [4.69, 9.17) is 20.0 Å². The van der Waals surface area contributed by atoms with E-state index in [0.717, 1.165) is 38.1 Å². The molecule has 2 aliphatic rings. The van der Waals surface area contributed by atoms with Gasteiger partial charge in [-0.25, -0.2) is 9.97 Å². The fourth-order valence-electron chi connectivity index (χ4n) is 5.12. The van der Waals surface area contributed by atoms with Crippen molar-refractivity contribution < 1.29 is 4.74 Å². The average Bonchev–Trinajstić information content (AvgIpc) is 2.81. The Bertz CT molecular complexity index is 623. The molecule has 0 spiro atoms. The minimum absolute atomic E-state index is 0.240. The summed E-state index contributed by atoms with van der Waals surface area (Å²) in [5.41, 5.74) is 1.30. The Hall–Kier alpha value is -1.47. The van der Waals surface area contributed by atoms with Crippen molar-refractivity contribution in [2.24, 2.45) is 5.92 Å². The van der Waals surface area contributed by atoms with Gasteiger partial charge in [0.1, 0.15) is 5.82 Å². The first kappa shape index (κ1) is 23.2. The number of hydrogen-bond donors (Lipinski definition) is 0. The molecule has 1 heterocycles. The van der Waals surface area contributed by atoms with Gasteiger partial charge in [0.15, 0.2) is 0 Å². The molecule has 0 unspecified atom stereocenters. The quantitative estimate of drug-likeness (QED) is 0.365. The summed E-state index contributed by atoms with van der Waals surface area (Å²) in [7, 11) is 0. The van der Waals surface area contributed by atoms with E-state index in [-0.39, 0.29) is 5.92 Å². The molecule has 0 amide bonds. The second kappa shape index (κ2) is 13.1. The molecular weight excluding hydrogens is 370 g/mol. The van der Waals surface area contributed by atoms with E-state index in [9.17, 15) is 0 Å². The smallest absolute Gasteiger partial charge is 0.131 e. The molecule has 1 aromatic rings. The SMILES string of the molecule is CCCCCCCCCOC1CCC(c2cnc(C3CCC(C#N)CC3)nc2)CC1. The van der Waals surface area contributed by atoms with Gasteiger partial charge in [0, 0.05) is 30.8 Å². The van der Waals surface area contributed by atoms with E-state index < -0.39 is 0 Å². The molecule has 0 bridgehead atoms. The highest BCUT2D eigenvalue weighted by atomic mass is 16.5. The number of aromatic nitrogens is 2. The second-order valence-electron chi connectivity index (χ2n) is 9.52. The third-order valence-electron chi connectivity index (χ3n) is 7.21. The molecule has 0 saturated heterocycles. The molecule has 30 heavy (non-hydrogen) atoms. The normalized spacial score (nSPS) is 26.9. The maximum Gasteiger partial charge on any atom is 0.131 e.